The molecule has 0 saturated heterocycles. The van der Waals surface area contributed by atoms with Crippen LogP contribution in [-0.2, 0) is 0 Å². The molecule has 0 aliphatic rings. The largest absolute Gasteiger partial charge is 0.380 e. The lowest BCUT2D eigenvalue weighted by atomic mass is 10.1. The number of carbonyl (C=O) groups is 1. The monoisotopic (exact) mass is 296 g/mol. The highest BCUT2D eigenvalue weighted by atomic mass is 16.1. The number of aryl methyl sites for hydroxylation is 2. The first-order valence-electron chi connectivity index (χ1n) is 7.51. The average Bonchev–Trinajstić information content (AvgIpc) is 2.42. The Labute approximate surface area is 132 Å². The van der Waals surface area contributed by atoms with Crippen LogP contribution >= 0.6 is 0 Å². The molecule has 3 heteroatoms. The molecule has 0 radical (unpaired) electrons. The van der Waals surface area contributed by atoms with Crippen molar-refractivity contribution in [2.75, 3.05) is 10.6 Å². The van der Waals surface area contributed by atoms with E-state index >= 15 is 0 Å². The molecule has 0 aliphatic heterocycles. The number of benzene rings is 2. The molecule has 0 spiro atoms. The van der Waals surface area contributed by atoms with Crippen LogP contribution in [0.2, 0.25) is 0 Å². The zero-order valence-corrected chi connectivity index (χ0v) is 13.9. The number of carbonyl (C=O) groups excluding carboxylic acids is 1. The van der Waals surface area contributed by atoms with Crippen LogP contribution in [0.5, 0.6) is 0 Å². The summed E-state index contributed by atoms with van der Waals surface area (Å²) in [5.41, 5.74) is 4.84. The van der Waals surface area contributed by atoms with Crippen LogP contribution in [0.4, 0.5) is 11.4 Å². The van der Waals surface area contributed by atoms with Crippen LogP contribution < -0.4 is 10.6 Å². The van der Waals surface area contributed by atoms with Crippen molar-refractivity contribution in [1.29, 1.82) is 0 Å². The predicted octanol–water partition coefficient (Wildman–Crippen LogP) is 4.77. The van der Waals surface area contributed by atoms with E-state index in [9.17, 15) is 4.79 Å². The fourth-order valence-electron chi connectivity index (χ4n) is 2.16. The summed E-state index contributed by atoms with van der Waals surface area (Å²) in [5, 5.41) is 6.32. The third-order valence-electron chi connectivity index (χ3n) is 3.43. The Bertz CT molecular complexity index is 667. The highest BCUT2D eigenvalue weighted by Gasteiger charge is 2.10. The molecule has 3 nitrogen and oxygen atoms in total. The van der Waals surface area contributed by atoms with Gasteiger partial charge < -0.3 is 10.6 Å². The van der Waals surface area contributed by atoms with Crippen LogP contribution in [0.3, 0.4) is 0 Å². The number of anilines is 2. The summed E-state index contributed by atoms with van der Waals surface area (Å²) in [7, 11) is 0. The molecule has 0 saturated carbocycles. The molecule has 0 bridgehead atoms. The Morgan fingerprint density at radius 1 is 0.864 bits per heavy atom. The normalized spacial score (nSPS) is 11.1. The van der Waals surface area contributed by atoms with Gasteiger partial charge in [-0.2, -0.15) is 0 Å². The Hall–Kier alpha value is -2.29. The summed E-state index contributed by atoms with van der Waals surface area (Å²) < 4.78 is 0. The van der Waals surface area contributed by atoms with Crippen molar-refractivity contribution in [3.8, 4) is 0 Å². The van der Waals surface area contributed by atoms with Crippen LogP contribution in [0.25, 0.3) is 0 Å². The molecule has 2 N–H and O–H groups in total. The minimum Gasteiger partial charge on any atom is -0.380 e. The highest BCUT2D eigenvalue weighted by Crippen LogP contribution is 2.18. The second kappa shape index (κ2) is 6.22. The number of nitrogens with one attached hydrogen (secondary N) is 2. The zero-order valence-electron chi connectivity index (χ0n) is 13.9. The molecule has 1 amide bonds. The fourth-order valence-corrected chi connectivity index (χ4v) is 2.16. The van der Waals surface area contributed by atoms with Crippen molar-refractivity contribution >= 4 is 17.3 Å². The van der Waals surface area contributed by atoms with E-state index in [-0.39, 0.29) is 11.4 Å². The molecule has 116 valence electrons. The van der Waals surface area contributed by atoms with E-state index in [1.165, 1.54) is 5.56 Å². The van der Waals surface area contributed by atoms with E-state index in [1.807, 2.05) is 56.3 Å². The number of rotatable bonds is 3. The second-order valence-corrected chi connectivity index (χ2v) is 6.71. The molecule has 2 aromatic rings. The summed E-state index contributed by atoms with van der Waals surface area (Å²) in [6.07, 6.45) is 0. The average molecular weight is 296 g/mol. The van der Waals surface area contributed by atoms with E-state index in [4.69, 9.17) is 0 Å². The van der Waals surface area contributed by atoms with Gasteiger partial charge in [-0.15, -0.1) is 0 Å². The van der Waals surface area contributed by atoms with Crippen LogP contribution in [0, 0.1) is 13.8 Å². The first kappa shape index (κ1) is 16.1. The Balaban J connectivity index is 2.07. The van der Waals surface area contributed by atoms with Crippen LogP contribution in [0.1, 0.15) is 42.3 Å². The molecule has 0 unspecified atom stereocenters. The van der Waals surface area contributed by atoms with Crippen molar-refractivity contribution in [2.45, 2.75) is 40.2 Å². The maximum atomic E-state index is 12.3. The molecule has 0 fully saturated rings. The SMILES string of the molecule is Cc1ccc(C(=O)Nc2ccc(NC(C)(C)C)cc2)cc1C. The first-order chi connectivity index (χ1) is 10.2. The molecule has 2 aromatic carbocycles. The van der Waals surface area contributed by atoms with E-state index < -0.39 is 0 Å². The minimum absolute atomic E-state index is 0.0180. The molecule has 0 aromatic heterocycles. The predicted molar refractivity (Wildman–Crippen MR) is 93.7 cm³/mol. The summed E-state index contributed by atoms with van der Waals surface area (Å²) >= 11 is 0. The number of hydrogen-bond acceptors (Lipinski definition) is 2. The Morgan fingerprint density at radius 3 is 2.00 bits per heavy atom. The lowest BCUT2D eigenvalue weighted by molar-refractivity contribution is 0.102. The zero-order chi connectivity index (χ0) is 16.3. The maximum Gasteiger partial charge on any atom is 0.255 e. The summed E-state index contributed by atoms with van der Waals surface area (Å²) in [6, 6.07) is 13.5. The lowest BCUT2D eigenvalue weighted by Gasteiger charge is -2.22. The third-order valence-corrected chi connectivity index (χ3v) is 3.43. The standard InChI is InChI=1S/C19H24N2O/c1-13-6-7-15(12-14(13)2)18(22)20-16-8-10-17(11-9-16)21-19(3,4)5/h6-12,21H,1-5H3,(H,20,22). The topological polar surface area (TPSA) is 41.1 Å². The summed E-state index contributed by atoms with van der Waals surface area (Å²) in [6.45, 7) is 10.4. The summed E-state index contributed by atoms with van der Waals surface area (Å²) in [4.78, 5) is 12.3. The molecule has 0 heterocycles. The van der Waals surface area contributed by atoms with Crippen molar-refractivity contribution in [1.82, 2.24) is 0 Å². The highest BCUT2D eigenvalue weighted by molar-refractivity contribution is 6.04. The number of hydrogen-bond donors (Lipinski definition) is 2. The number of amides is 1. The summed E-state index contributed by atoms with van der Waals surface area (Å²) in [5.74, 6) is -0.0837. The molecule has 0 atom stereocenters. The van der Waals surface area contributed by atoms with Gasteiger partial charge in [0.2, 0.25) is 0 Å². The Morgan fingerprint density at radius 2 is 1.45 bits per heavy atom. The van der Waals surface area contributed by atoms with Crippen molar-refractivity contribution < 1.29 is 4.79 Å². The molecule has 22 heavy (non-hydrogen) atoms. The van der Waals surface area contributed by atoms with E-state index in [1.54, 1.807) is 0 Å². The van der Waals surface area contributed by atoms with Crippen molar-refractivity contribution in [2.24, 2.45) is 0 Å². The second-order valence-electron chi connectivity index (χ2n) is 6.71. The van der Waals surface area contributed by atoms with Gasteiger partial charge >= 0.3 is 0 Å². The van der Waals surface area contributed by atoms with Crippen molar-refractivity contribution in [3.63, 3.8) is 0 Å². The maximum absolute atomic E-state index is 12.3. The van der Waals surface area contributed by atoms with Gasteiger partial charge in [-0.1, -0.05) is 6.07 Å². The van der Waals surface area contributed by atoms with Gasteiger partial charge in [0.1, 0.15) is 0 Å². The van der Waals surface area contributed by atoms with E-state index in [2.05, 4.69) is 31.4 Å². The minimum atomic E-state index is -0.0837. The van der Waals surface area contributed by atoms with Gasteiger partial charge in [0.25, 0.3) is 5.91 Å². The van der Waals surface area contributed by atoms with Gasteiger partial charge in [0.15, 0.2) is 0 Å². The van der Waals surface area contributed by atoms with E-state index in [0.717, 1.165) is 16.9 Å². The first-order valence-corrected chi connectivity index (χ1v) is 7.51. The lowest BCUT2D eigenvalue weighted by Crippen LogP contribution is -2.25. The molecule has 2 rings (SSSR count). The van der Waals surface area contributed by atoms with Gasteiger partial charge in [-0.05, 0) is 82.1 Å². The Kier molecular flexibility index (Phi) is 4.55. The van der Waals surface area contributed by atoms with Gasteiger partial charge in [-0.3, -0.25) is 4.79 Å². The van der Waals surface area contributed by atoms with Crippen LogP contribution in [-0.4, -0.2) is 11.4 Å². The van der Waals surface area contributed by atoms with Gasteiger partial charge in [0.05, 0.1) is 0 Å². The van der Waals surface area contributed by atoms with Gasteiger partial charge in [-0.25, -0.2) is 0 Å². The van der Waals surface area contributed by atoms with Crippen LogP contribution in [0.15, 0.2) is 42.5 Å². The third kappa shape index (κ3) is 4.35. The smallest absolute Gasteiger partial charge is 0.255 e. The quantitative estimate of drug-likeness (QED) is 0.857. The molecule has 0 aliphatic carbocycles. The van der Waals surface area contributed by atoms with Gasteiger partial charge in [0, 0.05) is 22.5 Å². The van der Waals surface area contributed by atoms with E-state index in [0.29, 0.717) is 5.56 Å². The molecular formula is C19H24N2O. The fraction of sp³-hybridized carbons (Fsp3) is 0.316. The molecular weight excluding hydrogens is 272 g/mol. The van der Waals surface area contributed by atoms with Crippen molar-refractivity contribution in [3.05, 3.63) is 59.2 Å².